The van der Waals surface area contributed by atoms with Crippen LogP contribution < -0.4 is 5.32 Å². The van der Waals surface area contributed by atoms with E-state index in [2.05, 4.69) is 27.1 Å². The highest BCUT2D eigenvalue weighted by molar-refractivity contribution is 5.94. The second-order valence-electron chi connectivity index (χ2n) is 4.37. The van der Waals surface area contributed by atoms with Crippen LogP contribution in [0.15, 0.2) is 30.9 Å². The molecule has 0 aliphatic carbocycles. The lowest BCUT2D eigenvalue weighted by molar-refractivity contribution is 0.0949. The predicted octanol–water partition coefficient (Wildman–Crippen LogP) is 0.479. The summed E-state index contributed by atoms with van der Waals surface area (Å²) in [6.07, 6.45) is 6.97. The molecule has 21 heavy (non-hydrogen) atoms. The van der Waals surface area contributed by atoms with Crippen LogP contribution in [0.25, 0.3) is 0 Å². The van der Waals surface area contributed by atoms with Crippen LogP contribution in [0.3, 0.4) is 0 Å². The van der Waals surface area contributed by atoms with E-state index in [0.717, 1.165) is 5.82 Å². The van der Waals surface area contributed by atoms with E-state index < -0.39 is 0 Å². The number of aliphatic hydroxyl groups excluding tert-OH is 1. The third kappa shape index (κ3) is 4.16. The zero-order valence-corrected chi connectivity index (χ0v) is 11.7. The number of carbonyl (C=O) groups is 1. The van der Waals surface area contributed by atoms with Crippen molar-refractivity contribution in [3.05, 3.63) is 47.8 Å². The van der Waals surface area contributed by atoms with Crippen molar-refractivity contribution in [1.82, 2.24) is 19.9 Å². The molecule has 6 heteroatoms. The van der Waals surface area contributed by atoms with Crippen LogP contribution in [-0.4, -0.2) is 32.2 Å². The molecule has 1 amide bonds. The van der Waals surface area contributed by atoms with Crippen LogP contribution >= 0.6 is 0 Å². The minimum atomic E-state index is -0.226. The number of aromatic nitrogens is 3. The maximum atomic E-state index is 12.1. The molecular weight excluding hydrogens is 268 g/mol. The van der Waals surface area contributed by atoms with Gasteiger partial charge in [0, 0.05) is 43.8 Å². The zero-order chi connectivity index (χ0) is 15.1. The number of nitrogens with one attached hydrogen (secondary N) is 1. The Bertz CT molecular complexity index is 682. The van der Waals surface area contributed by atoms with Crippen molar-refractivity contribution in [3.8, 4) is 11.8 Å². The Morgan fingerprint density at radius 3 is 3.05 bits per heavy atom. The molecule has 0 bridgehead atoms. The highest BCUT2D eigenvalue weighted by Crippen LogP contribution is 2.02. The summed E-state index contributed by atoms with van der Waals surface area (Å²) in [5, 5.41) is 11.5. The van der Waals surface area contributed by atoms with Gasteiger partial charge in [-0.1, -0.05) is 11.8 Å². The number of nitrogens with zero attached hydrogens (tertiary/aromatic N) is 3. The summed E-state index contributed by atoms with van der Waals surface area (Å²) in [5.74, 6) is 6.19. The maximum absolute atomic E-state index is 12.1. The third-order valence-electron chi connectivity index (χ3n) is 2.80. The molecule has 0 saturated carbocycles. The van der Waals surface area contributed by atoms with E-state index in [-0.39, 0.29) is 12.5 Å². The van der Waals surface area contributed by atoms with Crippen molar-refractivity contribution in [2.75, 3.05) is 6.61 Å². The van der Waals surface area contributed by atoms with Gasteiger partial charge in [0.05, 0.1) is 18.7 Å². The minimum absolute atomic E-state index is 0.0181. The molecule has 2 heterocycles. The molecule has 2 aromatic heterocycles. The van der Waals surface area contributed by atoms with Crippen molar-refractivity contribution in [1.29, 1.82) is 0 Å². The first-order valence-electron chi connectivity index (χ1n) is 6.50. The molecule has 2 rings (SSSR count). The van der Waals surface area contributed by atoms with Crippen LogP contribution in [0.1, 0.15) is 28.2 Å². The van der Waals surface area contributed by atoms with Gasteiger partial charge in [-0.05, 0) is 6.07 Å². The first-order chi connectivity index (χ1) is 10.2. The van der Waals surface area contributed by atoms with Gasteiger partial charge in [-0.2, -0.15) is 0 Å². The lowest BCUT2D eigenvalue weighted by atomic mass is 10.2. The van der Waals surface area contributed by atoms with Gasteiger partial charge in [-0.15, -0.1) is 0 Å². The van der Waals surface area contributed by atoms with Crippen molar-refractivity contribution < 1.29 is 9.90 Å². The van der Waals surface area contributed by atoms with E-state index in [0.29, 0.717) is 24.1 Å². The highest BCUT2D eigenvalue weighted by atomic mass is 16.2. The second-order valence-corrected chi connectivity index (χ2v) is 4.37. The quantitative estimate of drug-likeness (QED) is 0.800. The Morgan fingerprint density at radius 1 is 1.48 bits per heavy atom. The van der Waals surface area contributed by atoms with Gasteiger partial charge >= 0.3 is 0 Å². The normalized spacial score (nSPS) is 9.81. The molecule has 0 radical (unpaired) electrons. The minimum Gasteiger partial charge on any atom is -0.395 e. The predicted molar refractivity (Wildman–Crippen MR) is 77.2 cm³/mol. The summed E-state index contributed by atoms with van der Waals surface area (Å²) in [7, 11) is 1.87. The van der Waals surface area contributed by atoms with E-state index in [1.165, 1.54) is 6.20 Å². The van der Waals surface area contributed by atoms with E-state index >= 15 is 0 Å². The Balaban J connectivity index is 2.01. The van der Waals surface area contributed by atoms with Crippen LogP contribution in [0, 0.1) is 11.8 Å². The first-order valence-corrected chi connectivity index (χ1v) is 6.50. The number of aliphatic hydroxyl groups is 1. The summed E-state index contributed by atoms with van der Waals surface area (Å²) in [4.78, 5) is 20.2. The van der Waals surface area contributed by atoms with Crippen molar-refractivity contribution >= 4 is 5.91 Å². The molecule has 6 nitrogen and oxygen atoms in total. The molecule has 0 spiro atoms. The average Bonchev–Trinajstić information content (AvgIpc) is 2.91. The summed E-state index contributed by atoms with van der Waals surface area (Å²) < 4.78 is 1.84. The number of hydrogen-bond donors (Lipinski definition) is 2. The molecule has 0 atom stereocenters. The lowest BCUT2D eigenvalue weighted by Crippen LogP contribution is -2.24. The van der Waals surface area contributed by atoms with Gasteiger partial charge in [0.2, 0.25) is 0 Å². The molecule has 0 fully saturated rings. The fraction of sp³-hybridized carbons (Fsp3) is 0.267. The van der Waals surface area contributed by atoms with Crippen molar-refractivity contribution in [2.45, 2.75) is 13.0 Å². The smallest absolute Gasteiger partial charge is 0.253 e. The number of carbonyl (C=O) groups excluding carboxylic acids is 1. The van der Waals surface area contributed by atoms with Crippen LogP contribution in [-0.2, 0) is 13.6 Å². The topological polar surface area (TPSA) is 80.0 Å². The number of amides is 1. The van der Waals surface area contributed by atoms with Crippen molar-refractivity contribution in [2.24, 2.45) is 7.05 Å². The fourth-order valence-electron chi connectivity index (χ4n) is 1.68. The summed E-state index contributed by atoms with van der Waals surface area (Å²) in [5.41, 5.74) is 1.09. The molecule has 2 aromatic rings. The second kappa shape index (κ2) is 7.22. The summed E-state index contributed by atoms with van der Waals surface area (Å²) in [6, 6.07) is 1.67. The number of hydrogen-bond acceptors (Lipinski definition) is 4. The molecule has 0 aliphatic rings. The molecular formula is C15H16N4O2. The van der Waals surface area contributed by atoms with Gasteiger partial charge in [-0.25, -0.2) is 4.98 Å². The van der Waals surface area contributed by atoms with Gasteiger partial charge in [-0.3, -0.25) is 9.78 Å². The van der Waals surface area contributed by atoms with Crippen LogP contribution in [0.2, 0.25) is 0 Å². The summed E-state index contributed by atoms with van der Waals surface area (Å²) >= 11 is 0. The average molecular weight is 284 g/mol. The molecule has 2 N–H and O–H groups in total. The Labute approximate surface area is 122 Å². The molecule has 0 aliphatic heterocycles. The van der Waals surface area contributed by atoms with Gasteiger partial charge in [0.25, 0.3) is 5.91 Å². The third-order valence-corrected chi connectivity index (χ3v) is 2.80. The Hall–Kier alpha value is -2.65. The molecule has 0 saturated heterocycles. The van der Waals surface area contributed by atoms with Gasteiger partial charge in [0.15, 0.2) is 0 Å². The van der Waals surface area contributed by atoms with Gasteiger partial charge in [0.1, 0.15) is 5.82 Å². The van der Waals surface area contributed by atoms with E-state index in [1.807, 2.05) is 17.8 Å². The zero-order valence-electron chi connectivity index (χ0n) is 11.7. The summed E-state index contributed by atoms with van der Waals surface area (Å²) in [6.45, 7) is 0.368. The van der Waals surface area contributed by atoms with E-state index in [1.54, 1.807) is 18.5 Å². The maximum Gasteiger partial charge on any atom is 0.253 e. The number of aryl methyl sites for hydroxylation is 1. The Morgan fingerprint density at radius 2 is 2.33 bits per heavy atom. The highest BCUT2D eigenvalue weighted by Gasteiger charge is 2.07. The SMILES string of the molecule is Cn1ccnc1CNC(=O)c1cncc(C#CCCO)c1. The number of imidazole rings is 1. The number of rotatable bonds is 4. The number of pyridine rings is 1. The molecule has 0 unspecified atom stereocenters. The van der Waals surface area contributed by atoms with E-state index in [4.69, 9.17) is 5.11 Å². The largest absolute Gasteiger partial charge is 0.395 e. The first kappa shape index (κ1) is 14.8. The monoisotopic (exact) mass is 284 g/mol. The van der Waals surface area contributed by atoms with Crippen LogP contribution in [0.4, 0.5) is 0 Å². The Kier molecular flexibility index (Phi) is 5.07. The van der Waals surface area contributed by atoms with Gasteiger partial charge < -0.3 is 15.0 Å². The van der Waals surface area contributed by atoms with Crippen LogP contribution in [0.5, 0.6) is 0 Å². The van der Waals surface area contributed by atoms with E-state index in [9.17, 15) is 4.79 Å². The fourth-order valence-corrected chi connectivity index (χ4v) is 1.68. The lowest BCUT2D eigenvalue weighted by Gasteiger charge is -2.05. The molecule has 0 aromatic carbocycles. The van der Waals surface area contributed by atoms with Crippen molar-refractivity contribution in [3.63, 3.8) is 0 Å². The standard InChI is InChI=1S/C15H16N4O2/c1-19-6-5-17-14(19)11-18-15(21)13-8-12(9-16-10-13)4-2-3-7-20/h5-6,8-10,20H,3,7,11H2,1H3,(H,18,21). The molecule has 108 valence electrons.